The molecule has 0 aliphatic rings. The number of rotatable bonds is 20. The van der Waals surface area contributed by atoms with Crippen molar-refractivity contribution in [3.05, 3.63) is 12.2 Å². The predicted molar refractivity (Wildman–Crippen MR) is 111 cm³/mol. The van der Waals surface area contributed by atoms with Crippen molar-refractivity contribution in [2.75, 3.05) is 26.2 Å². The first-order valence-electron chi connectivity index (χ1n) is 11.2. The number of aliphatic hydroxyl groups is 1. The minimum Gasteiger partial charge on any atom is -1.00 e. The van der Waals surface area contributed by atoms with Crippen LogP contribution in [0.5, 0.6) is 0 Å². The summed E-state index contributed by atoms with van der Waals surface area (Å²) in [5.74, 6) is 0.167. The van der Waals surface area contributed by atoms with Crippen LogP contribution in [-0.4, -0.2) is 37.3 Å². The second-order valence-electron chi connectivity index (χ2n) is 7.27. The smallest absolute Gasteiger partial charge is 0.220 e. The Morgan fingerprint density at radius 1 is 0.852 bits per heavy atom. The van der Waals surface area contributed by atoms with Crippen LogP contribution in [0.25, 0.3) is 0 Å². The summed E-state index contributed by atoms with van der Waals surface area (Å²) in [6, 6.07) is 0. The SMILES string of the molecule is CCCCCCCC/C=C\CCCCCCCC(=O)NCC[NH2+]CCO.[Cl-]. The summed E-state index contributed by atoms with van der Waals surface area (Å²) in [6.07, 6.45) is 22.1. The second-order valence-corrected chi connectivity index (χ2v) is 7.27. The Labute approximate surface area is 174 Å². The summed E-state index contributed by atoms with van der Waals surface area (Å²) in [6.45, 7) is 4.72. The van der Waals surface area contributed by atoms with Crippen molar-refractivity contribution >= 4 is 5.91 Å². The lowest BCUT2D eigenvalue weighted by molar-refractivity contribution is -0.654. The van der Waals surface area contributed by atoms with E-state index in [0.29, 0.717) is 19.5 Å². The van der Waals surface area contributed by atoms with E-state index in [1.165, 1.54) is 70.6 Å². The molecule has 0 unspecified atom stereocenters. The quantitative estimate of drug-likeness (QED) is 0.206. The lowest BCUT2D eigenvalue weighted by atomic mass is 10.1. The maximum Gasteiger partial charge on any atom is 0.220 e. The summed E-state index contributed by atoms with van der Waals surface area (Å²) < 4.78 is 0. The molecule has 5 heteroatoms. The van der Waals surface area contributed by atoms with Crippen molar-refractivity contribution in [2.45, 2.75) is 96.8 Å². The average molecular weight is 405 g/mol. The normalized spacial score (nSPS) is 10.9. The van der Waals surface area contributed by atoms with Gasteiger partial charge in [-0.15, -0.1) is 0 Å². The lowest BCUT2D eigenvalue weighted by Crippen LogP contribution is -3.00. The highest BCUT2D eigenvalue weighted by Crippen LogP contribution is 2.09. The molecular weight excluding hydrogens is 360 g/mol. The van der Waals surface area contributed by atoms with Gasteiger partial charge in [-0.2, -0.15) is 0 Å². The highest BCUT2D eigenvalue weighted by molar-refractivity contribution is 5.75. The van der Waals surface area contributed by atoms with Gasteiger partial charge in [-0.1, -0.05) is 70.4 Å². The van der Waals surface area contributed by atoms with Gasteiger partial charge < -0.3 is 28.1 Å². The molecule has 0 spiro atoms. The van der Waals surface area contributed by atoms with Crippen LogP contribution >= 0.6 is 0 Å². The fraction of sp³-hybridized carbons (Fsp3) is 0.864. The van der Waals surface area contributed by atoms with E-state index in [-0.39, 0.29) is 24.9 Å². The first-order chi connectivity index (χ1) is 12.8. The van der Waals surface area contributed by atoms with Gasteiger partial charge in [0.05, 0.1) is 26.2 Å². The molecule has 0 aromatic heterocycles. The van der Waals surface area contributed by atoms with Gasteiger partial charge >= 0.3 is 0 Å². The summed E-state index contributed by atoms with van der Waals surface area (Å²) in [4.78, 5) is 11.6. The molecule has 0 radical (unpaired) electrons. The fourth-order valence-corrected chi connectivity index (χ4v) is 2.99. The molecule has 0 heterocycles. The number of amides is 1. The van der Waals surface area contributed by atoms with Crippen LogP contribution in [0.15, 0.2) is 12.2 Å². The van der Waals surface area contributed by atoms with E-state index in [9.17, 15) is 4.79 Å². The van der Waals surface area contributed by atoms with Crippen LogP contribution < -0.4 is 23.0 Å². The van der Waals surface area contributed by atoms with E-state index in [0.717, 1.165) is 19.4 Å². The lowest BCUT2D eigenvalue weighted by Gasteiger charge is -2.04. The molecule has 4 N–H and O–H groups in total. The van der Waals surface area contributed by atoms with Gasteiger partial charge in [0.2, 0.25) is 5.91 Å². The largest absolute Gasteiger partial charge is 1.00 e. The van der Waals surface area contributed by atoms with Crippen molar-refractivity contribution in [3.8, 4) is 0 Å². The number of unbranched alkanes of at least 4 members (excludes halogenated alkanes) is 11. The zero-order valence-corrected chi connectivity index (χ0v) is 18.4. The van der Waals surface area contributed by atoms with Crippen LogP contribution in [0.2, 0.25) is 0 Å². The second kappa shape index (κ2) is 25.4. The standard InChI is InChI=1S/C22H44N2O2.ClH/c1-2-3-4-5-6-7-8-9-10-11-12-13-14-15-16-17-22(26)24-19-18-23-20-21-25;/h9-10,23,25H,2-8,11-21H2,1H3,(H,24,26);1H/b10-9-;. The number of nitrogens with two attached hydrogens (primary N) is 1. The van der Waals surface area contributed by atoms with Gasteiger partial charge in [-0.3, -0.25) is 4.79 Å². The Hall–Kier alpha value is -0.580. The van der Waals surface area contributed by atoms with E-state index >= 15 is 0 Å². The van der Waals surface area contributed by atoms with Crippen LogP contribution in [0.1, 0.15) is 96.8 Å². The van der Waals surface area contributed by atoms with Gasteiger partial charge in [-0.05, 0) is 32.1 Å². The zero-order chi connectivity index (χ0) is 19.1. The van der Waals surface area contributed by atoms with Gasteiger partial charge in [0.1, 0.15) is 0 Å². The minimum absolute atomic E-state index is 0. The number of aliphatic hydroxyl groups excluding tert-OH is 1. The summed E-state index contributed by atoms with van der Waals surface area (Å²) in [7, 11) is 0. The summed E-state index contributed by atoms with van der Waals surface area (Å²) >= 11 is 0. The molecular formula is C22H45ClN2O2. The molecule has 0 fully saturated rings. The molecule has 0 bridgehead atoms. The Morgan fingerprint density at radius 2 is 1.41 bits per heavy atom. The third-order valence-corrected chi connectivity index (χ3v) is 4.67. The number of carbonyl (C=O) groups is 1. The molecule has 0 saturated carbocycles. The zero-order valence-electron chi connectivity index (χ0n) is 17.7. The Morgan fingerprint density at radius 3 is 2.00 bits per heavy atom. The van der Waals surface area contributed by atoms with Crippen LogP contribution in [0.4, 0.5) is 0 Å². The number of nitrogens with one attached hydrogen (secondary N) is 1. The monoisotopic (exact) mass is 404 g/mol. The van der Waals surface area contributed by atoms with Crippen LogP contribution in [-0.2, 0) is 4.79 Å². The molecule has 0 rings (SSSR count). The predicted octanol–water partition coefficient (Wildman–Crippen LogP) is 0.700. The molecule has 27 heavy (non-hydrogen) atoms. The molecule has 162 valence electrons. The third-order valence-electron chi connectivity index (χ3n) is 4.67. The molecule has 0 saturated heterocycles. The maximum atomic E-state index is 11.6. The highest BCUT2D eigenvalue weighted by Gasteiger charge is 2.00. The molecule has 4 nitrogen and oxygen atoms in total. The number of hydrogen-bond donors (Lipinski definition) is 3. The number of hydrogen-bond acceptors (Lipinski definition) is 2. The van der Waals surface area contributed by atoms with Crippen molar-refractivity contribution in [3.63, 3.8) is 0 Å². The molecule has 0 aliphatic carbocycles. The van der Waals surface area contributed by atoms with Crippen molar-refractivity contribution < 1.29 is 27.6 Å². The van der Waals surface area contributed by atoms with Crippen molar-refractivity contribution in [1.82, 2.24) is 5.32 Å². The van der Waals surface area contributed by atoms with Gasteiger partial charge in [0.15, 0.2) is 0 Å². The Kier molecular flexibility index (Phi) is 27.0. The number of halogens is 1. The average Bonchev–Trinajstić information content (AvgIpc) is 2.64. The highest BCUT2D eigenvalue weighted by atomic mass is 35.5. The molecule has 1 amide bonds. The first kappa shape index (κ1) is 28.6. The Bertz CT molecular complexity index is 325. The van der Waals surface area contributed by atoms with E-state index in [1.807, 2.05) is 5.32 Å². The van der Waals surface area contributed by atoms with E-state index < -0.39 is 0 Å². The molecule has 0 aromatic rings. The topological polar surface area (TPSA) is 65.9 Å². The number of quaternary nitrogens is 1. The summed E-state index contributed by atoms with van der Waals surface area (Å²) in [5, 5.41) is 13.6. The van der Waals surface area contributed by atoms with E-state index in [4.69, 9.17) is 5.11 Å². The van der Waals surface area contributed by atoms with Crippen molar-refractivity contribution in [2.24, 2.45) is 0 Å². The first-order valence-corrected chi connectivity index (χ1v) is 11.2. The van der Waals surface area contributed by atoms with Gasteiger partial charge in [0, 0.05) is 6.42 Å². The van der Waals surface area contributed by atoms with Crippen molar-refractivity contribution in [1.29, 1.82) is 0 Å². The van der Waals surface area contributed by atoms with E-state index in [1.54, 1.807) is 0 Å². The molecule has 0 aliphatic heterocycles. The minimum atomic E-state index is 0. The molecule has 0 atom stereocenters. The van der Waals surface area contributed by atoms with Crippen LogP contribution in [0, 0.1) is 0 Å². The maximum absolute atomic E-state index is 11.6. The van der Waals surface area contributed by atoms with E-state index in [2.05, 4.69) is 24.4 Å². The number of carbonyl (C=O) groups excluding carboxylic acids is 1. The van der Waals surface area contributed by atoms with Crippen LogP contribution in [0.3, 0.4) is 0 Å². The Balaban J connectivity index is 0. The third kappa shape index (κ3) is 25.4. The van der Waals surface area contributed by atoms with Gasteiger partial charge in [-0.25, -0.2) is 0 Å². The number of allylic oxidation sites excluding steroid dienone is 2. The fourth-order valence-electron chi connectivity index (χ4n) is 2.99. The van der Waals surface area contributed by atoms with Gasteiger partial charge in [0.25, 0.3) is 0 Å². The molecule has 0 aromatic carbocycles. The summed E-state index contributed by atoms with van der Waals surface area (Å²) in [5.41, 5.74) is 0.